The first-order chi connectivity index (χ1) is 9.74. The van der Waals surface area contributed by atoms with E-state index in [2.05, 4.69) is 0 Å². The summed E-state index contributed by atoms with van der Waals surface area (Å²) in [6, 6.07) is 5.37. The number of rotatable bonds is 3. The summed E-state index contributed by atoms with van der Waals surface area (Å²) in [6.45, 7) is 2.86. The average Bonchev–Trinajstić information content (AvgIpc) is 3.01. The number of nitrogens with zero attached hydrogens (tertiary/aromatic N) is 1. The summed E-state index contributed by atoms with van der Waals surface area (Å²) in [4.78, 5) is 14.0. The van der Waals surface area contributed by atoms with Gasteiger partial charge in [-0.1, -0.05) is 6.07 Å². The highest BCUT2D eigenvalue weighted by molar-refractivity contribution is 5.77. The van der Waals surface area contributed by atoms with E-state index < -0.39 is 0 Å². The van der Waals surface area contributed by atoms with Gasteiger partial charge in [0, 0.05) is 25.6 Å². The molecule has 1 fully saturated rings. The minimum Gasteiger partial charge on any atom is -0.486 e. The van der Waals surface area contributed by atoms with Crippen LogP contribution >= 0.6 is 0 Å². The van der Waals surface area contributed by atoms with E-state index in [-0.39, 0.29) is 11.9 Å². The molecule has 2 N–H and O–H groups in total. The number of hydrogen-bond acceptors (Lipinski definition) is 4. The Kier molecular flexibility index (Phi) is 3.78. The van der Waals surface area contributed by atoms with E-state index in [1.54, 1.807) is 0 Å². The van der Waals surface area contributed by atoms with Crippen molar-refractivity contribution in [3.8, 4) is 11.5 Å². The molecule has 108 valence electrons. The maximum Gasteiger partial charge on any atom is 0.224 e. The number of nitrogens with two attached hydrogens (primary N) is 1. The lowest BCUT2D eigenvalue weighted by molar-refractivity contribution is -0.130. The number of amides is 1. The number of likely N-dealkylation sites (tertiary alicyclic amines) is 1. The number of hydrogen-bond donors (Lipinski definition) is 1. The zero-order chi connectivity index (χ0) is 13.9. The minimum absolute atomic E-state index is 0.143. The van der Waals surface area contributed by atoms with Crippen LogP contribution in [0.2, 0.25) is 0 Å². The molecule has 1 aromatic carbocycles. The van der Waals surface area contributed by atoms with Crippen LogP contribution in [0.3, 0.4) is 0 Å². The van der Waals surface area contributed by atoms with Gasteiger partial charge in [-0.05, 0) is 30.5 Å². The van der Waals surface area contributed by atoms with Gasteiger partial charge in [-0.3, -0.25) is 4.79 Å². The van der Waals surface area contributed by atoms with Crippen molar-refractivity contribution in [3.05, 3.63) is 23.8 Å². The van der Waals surface area contributed by atoms with Crippen LogP contribution in [-0.4, -0.2) is 37.1 Å². The highest BCUT2D eigenvalue weighted by Crippen LogP contribution is 2.32. The lowest BCUT2D eigenvalue weighted by Gasteiger charge is -2.21. The summed E-state index contributed by atoms with van der Waals surface area (Å²) in [5, 5.41) is 0. The van der Waals surface area contributed by atoms with Gasteiger partial charge >= 0.3 is 0 Å². The third kappa shape index (κ3) is 2.72. The van der Waals surface area contributed by atoms with Gasteiger partial charge in [-0.15, -0.1) is 0 Å². The van der Waals surface area contributed by atoms with Gasteiger partial charge in [0.2, 0.25) is 5.91 Å². The second-order valence-corrected chi connectivity index (χ2v) is 5.30. The Morgan fingerprint density at radius 1 is 1.20 bits per heavy atom. The molecule has 5 nitrogen and oxygen atoms in total. The highest BCUT2D eigenvalue weighted by Gasteiger charge is 2.22. The van der Waals surface area contributed by atoms with E-state index in [1.807, 2.05) is 23.1 Å². The monoisotopic (exact) mass is 276 g/mol. The second kappa shape index (κ2) is 5.71. The topological polar surface area (TPSA) is 64.8 Å². The third-order valence-electron chi connectivity index (χ3n) is 3.85. The molecule has 1 unspecified atom stereocenters. The first-order valence-corrected chi connectivity index (χ1v) is 7.17. The van der Waals surface area contributed by atoms with E-state index in [1.165, 1.54) is 0 Å². The zero-order valence-electron chi connectivity index (χ0n) is 11.5. The first kappa shape index (κ1) is 13.2. The van der Waals surface area contributed by atoms with E-state index in [4.69, 9.17) is 15.2 Å². The third-order valence-corrected chi connectivity index (χ3v) is 3.85. The second-order valence-electron chi connectivity index (χ2n) is 5.30. The molecule has 20 heavy (non-hydrogen) atoms. The highest BCUT2D eigenvalue weighted by atomic mass is 16.6. The van der Waals surface area contributed by atoms with Crippen LogP contribution < -0.4 is 15.2 Å². The molecule has 3 rings (SSSR count). The van der Waals surface area contributed by atoms with Crippen LogP contribution in [0.4, 0.5) is 0 Å². The van der Waals surface area contributed by atoms with Gasteiger partial charge in [-0.25, -0.2) is 0 Å². The predicted molar refractivity (Wildman–Crippen MR) is 74.8 cm³/mol. The molecule has 5 heteroatoms. The fourth-order valence-electron chi connectivity index (χ4n) is 2.69. The maximum absolute atomic E-state index is 12.1. The Bertz CT molecular complexity index is 498. The Balaban J connectivity index is 1.67. The number of carbonyl (C=O) groups excluding carboxylic acids is 1. The zero-order valence-corrected chi connectivity index (χ0v) is 11.5. The lowest BCUT2D eigenvalue weighted by Crippen LogP contribution is -2.30. The van der Waals surface area contributed by atoms with Crippen molar-refractivity contribution < 1.29 is 14.3 Å². The van der Waals surface area contributed by atoms with Gasteiger partial charge in [-0.2, -0.15) is 0 Å². The number of benzene rings is 1. The van der Waals surface area contributed by atoms with Crippen molar-refractivity contribution in [1.29, 1.82) is 0 Å². The molecule has 0 spiro atoms. The van der Waals surface area contributed by atoms with Crippen LogP contribution in [0.1, 0.15) is 30.9 Å². The average molecular weight is 276 g/mol. The van der Waals surface area contributed by atoms with Crippen molar-refractivity contribution in [2.24, 2.45) is 5.73 Å². The van der Waals surface area contributed by atoms with Crippen molar-refractivity contribution >= 4 is 5.91 Å². The SMILES string of the molecule is NC(CC(=O)N1CCCC1)c1ccc2c(c1)OCCO2. The normalized spacial score (nSPS) is 18.9. The summed E-state index contributed by atoms with van der Waals surface area (Å²) in [5.74, 6) is 1.61. The van der Waals surface area contributed by atoms with Crippen LogP contribution in [0.25, 0.3) is 0 Å². The van der Waals surface area contributed by atoms with Crippen molar-refractivity contribution in [3.63, 3.8) is 0 Å². The number of fused-ring (bicyclic) bond motifs is 1. The van der Waals surface area contributed by atoms with E-state index in [0.717, 1.165) is 43.0 Å². The summed E-state index contributed by atoms with van der Waals surface area (Å²) in [5.41, 5.74) is 7.07. The van der Waals surface area contributed by atoms with Gasteiger partial charge in [0.1, 0.15) is 13.2 Å². The van der Waals surface area contributed by atoms with Crippen LogP contribution in [-0.2, 0) is 4.79 Å². The van der Waals surface area contributed by atoms with Crippen LogP contribution in [0, 0.1) is 0 Å². The standard InChI is InChI=1S/C15H20N2O3/c16-12(10-15(18)17-5-1-2-6-17)11-3-4-13-14(9-11)20-8-7-19-13/h3-4,9,12H,1-2,5-8,10,16H2. The Hall–Kier alpha value is -1.75. The molecule has 2 heterocycles. The van der Waals surface area contributed by atoms with Crippen molar-refractivity contribution in [1.82, 2.24) is 4.90 Å². The molecule has 1 saturated heterocycles. The summed E-state index contributed by atoms with van der Waals surface area (Å²) < 4.78 is 11.0. The Morgan fingerprint density at radius 2 is 1.90 bits per heavy atom. The van der Waals surface area contributed by atoms with Gasteiger partial charge in [0.05, 0.1) is 0 Å². The number of ether oxygens (including phenoxy) is 2. The van der Waals surface area contributed by atoms with Gasteiger partial charge < -0.3 is 20.1 Å². The molecule has 0 radical (unpaired) electrons. The molecule has 1 amide bonds. The molecule has 0 bridgehead atoms. The lowest BCUT2D eigenvalue weighted by atomic mass is 10.0. The molecule has 0 aliphatic carbocycles. The Morgan fingerprint density at radius 3 is 2.65 bits per heavy atom. The van der Waals surface area contributed by atoms with Gasteiger partial charge in [0.15, 0.2) is 11.5 Å². The first-order valence-electron chi connectivity index (χ1n) is 7.17. The van der Waals surface area contributed by atoms with Crippen LogP contribution in [0.15, 0.2) is 18.2 Å². The molecule has 1 aromatic rings. The molecule has 2 aliphatic heterocycles. The molecule has 1 atom stereocenters. The molecule has 2 aliphatic rings. The summed E-state index contributed by atoms with van der Waals surface area (Å²) in [6.07, 6.45) is 2.55. The van der Waals surface area contributed by atoms with E-state index in [9.17, 15) is 4.79 Å². The van der Waals surface area contributed by atoms with Crippen molar-refractivity contribution in [2.45, 2.75) is 25.3 Å². The molecule has 0 aromatic heterocycles. The van der Waals surface area contributed by atoms with E-state index >= 15 is 0 Å². The smallest absolute Gasteiger partial charge is 0.224 e. The maximum atomic E-state index is 12.1. The Labute approximate surface area is 118 Å². The van der Waals surface area contributed by atoms with Gasteiger partial charge in [0.25, 0.3) is 0 Å². The summed E-state index contributed by atoms with van der Waals surface area (Å²) >= 11 is 0. The molecule has 0 saturated carbocycles. The fourth-order valence-corrected chi connectivity index (χ4v) is 2.69. The number of carbonyl (C=O) groups is 1. The van der Waals surface area contributed by atoms with E-state index in [0.29, 0.717) is 19.6 Å². The van der Waals surface area contributed by atoms with Crippen LogP contribution in [0.5, 0.6) is 11.5 Å². The summed E-state index contributed by atoms with van der Waals surface area (Å²) in [7, 11) is 0. The largest absolute Gasteiger partial charge is 0.486 e. The molecular weight excluding hydrogens is 256 g/mol. The quantitative estimate of drug-likeness (QED) is 0.908. The van der Waals surface area contributed by atoms with Crippen molar-refractivity contribution in [2.75, 3.05) is 26.3 Å². The predicted octanol–water partition coefficient (Wildman–Crippen LogP) is 1.47. The fraction of sp³-hybridized carbons (Fsp3) is 0.533. The molecular formula is C15H20N2O3. The minimum atomic E-state index is -0.293.